The third kappa shape index (κ3) is 2.13. The zero-order valence-corrected chi connectivity index (χ0v) is 8.29. The average Bonchev–Trinajstić information content (AvgIpc) is 2.14. The van der Waals surface area contributed by atoms with Crippen molar-refractivity contribution in [1.29, 1.82) is 5.26 Å². The van der Waals surface area contributed by atoms with Gasteiger partial charge in [0.15, 0.2) is 0 Å². The van der Waals surface area contributed by atoms with E-state index in [1.54, 1.807) is 20.8 Å². The molecule has 0 radical (unpaired) electrons. The van der Waals surface area contributed by atoms with E-state index < -0.39 is 4.92 Å². The second kappa shape index (κ2) is 4.56. The lowest BCUT2D eigenvalue weighted by Crippen LogP contribution is -1.98. The summed E-state index contributed by atoms with van der Waals surface area (Å²) in [5.74, 6) is 0. The van der Waals surface area contributed by atoms with Crippen LogP contribution in [0.4, 0.5) is 5.69 Å². The predicted molar refractivity (Wildman–Crippen MR) is 58.8 cm³/mol. The van der Waals surface area contributed by atoms with Crippen molar-refractivity contribution in [2.45, 2.75) is 28.2 Å². The third-order valence-corrected chi connectivity index (χ3v) is 2.51. The molecule has 0 atom stereocenters. The van der Waals surface area contributed by atoms with E-state index in [0.717, 1.165) is 11.1 Å². The van der Waals surface area contributed by atoms with E-state index in [2.05, 4.69) is 0 Å². The summed E-state index contributed by atoms with van der Waals surface area (Å²) < 4.78 is 0. The van der Waals surface area contributed by atoms with Gasteiger partial charge in [0.05, 0.1) is 16.6 Å². The van der Waals surface area contributed by atoms with Gasteiger partial charge in [0, 0.05) is 11.6 Å². The lowest BCUT2D eigenvalue weighted by atomic mass is 9.98. The molecular weight excluding hydrogens is 192 g/mol. The molecule has 0 saturated heterocycles. The molecule has 1 aromatic carbocycles. The smallest absolute Gasteiger partial charge is 0.258 e. The van der Waals surface area contributed by atoms with Gasteiger partial charge in [0.2, 0.25) is 0 Å². The molecule has 0 aliphatic rings. The van der Waals surface area contributed by atoms with E-state index in [4.69, 9.17) is 5.26 Å². The Hall–Kier alpha value is -1.89. The van der Waals surface area contributed by atoms with Crippen molar-refractivity contribution < 1.29 is 4.92 Å². The highest BCUT2D eigenvalue weighted by atomic mass is 16.6. The summed E-state index contributed by atoms with van der Waals surface area (Å²) in [6, 6.07) is 3.29. The van der Waals surface area contributed by atoms with Crippen molar-refractivity contribution in [3.8, 4) is 6.07 Å². The van der Waals surface area contributed by atoms with Crippen LogP contribution in [0.5, 0.6) is 0 Å². The first-order valence-electron chi connectivity index (χ1n) is 4.14. The fourth-order valence-corrected chi connectivity index (χ4v) is 1.33. The SMILES string of the molecule is C.Cc1c(C#N)cc([N+](=O)[O-])c(C)c1C. The van der Waals surface area contributed by atoms with Crippen molar-refractivity contribution >= 4 is 5.69 Å². The van der Waals surface area contributed by atoms with Gasteiger partial charge in [-0.3, -0.25) is 10.1 Å². The lowest BCUT2D eigenvalue weighted by molar-refractivity contribution is -0.385. The fourth-order valence-electron chi connectivity index (χ4n) is 1.33. The maximum atomic E-state index is 10.6. The van der Waals surface area contributed by atoms with Crippen molar-refractivity contribution in [2.75, 3.05) is 0 Å². The molecule has 0 bridgehead atoms. The Morgan fingerprint density at radius 2 is 1.80 bits per heavy atom. The second-order valence-electron chi connectivity index (χ2n) is 3.19. The van der Waals surface area contributed by atoms with Gasteiger partial charge in [-0.05, 0) is 31.9 Å². The van der Waals surface area contributed by atoms with Crippen LogP contribution < -0.4 is 0 Å². The molecule has 4 heteroatoms. The Bertz CT molecular complexity index is 445. The summed E-state index contributed by atoms with van der Waals surface area (Å²) >= 11 is 0. The minimum absolute atomic E-state index is 0. The summed E-state index contributed by atoms with van der Waals surface area (Å²) in [6.07, 6.45) is 0. The highest BCUT2D eigenvalue weighted by Gasteiger charge is 2.16. The standard InChI is InChI=1S/C10H10N2O2.CH4/c1-6-7(2)9(5-11)4-10(8(6)3)12(13)14;/h4H,1-3H3;1H4. The lowest BCUT2D eigenvalue weighted by Gasteiger charge is -2.06. The van der Waals surface area contributed by atoms with Crippen LogP contribution in [0.1, 0.15) is 29.7 Å². The molecule has 0 saturated carbocycles. The Morgan fingerprint density at radius 3 is 2.20 bits per heavy atom. The number of hydrogen-bond donors (Lipinski definition) is 0. The van der Waals surface area contributed by atoms with Gasteiger partial charge >= 0.3 is 0 Å². The number of benzene rings is 1. The Balaban J connectivity index is 0.00000196. The molecule has 15 heavy (non-hydrogen) atoms. The van der Waals surface area contributed by atoms with E-state index in [9.17, 15) is 10.1 Å². The van der Waals surface area contributed by atoms with Crippen molar-refractivity contribution in [2.24, 2.45) is 0 Å². The summed E-state index contributed by atoms with van der Waals surface area (Å²) in [5, 5.41) is 19.4. The van der Waals surface area contributed by atoms with Gasteiger partial charge < -0.3 is 0 Å². The molecule has 0 spiro atoms. The maximum absolute atomic E-state index is 10.6. The molecule has 0 fully saturated rings. The monoisotopic (exact) mass is 206 g/mol. The number of nitro benzene ring substituents is 1. The Labute approximate surface area is 89.3 Å². The normalized spacial score (nSPS) is 8.93. The molecule has 4 nitrogen and oxygen atoms in total. The van der Waals surface area contributed by atoms with E-state index in [-0.39, 0.29) is 13.1 Å². The fraction of sp³-hybridized carbons (Fsp3) is 0.364. The van der Waals surface area contributed by atoms with Crippen LogP contribution in [0.15, 0.2) is 6.07 Å². The van der Waals surface area contributed by atoms with Crippen molar-refractivity contribution in [3.63, 3.8) is 0 Å². The zero-order chi connectivity index (χ0) is 10.9. The summed E-state index contributed by atoms with van der Waals surface area (Å²) in [7, 11) is 0. The molecule has 0 N–H and O–H groups in total. The Morgan fingerprint density at radius 1 is 1.27 bits per heavy atom. The van der Waals surface area contributed by atoms with Crippen LogP contribution in [0.3, 0.4) is 0 Å². The first-order valence-corrected chi connectivity index (χ1v) is 4.14. The number of rotatable bonds is 1. The van der Waals surface area contributed by atoms with Crippen LogP contribution in [-0.4, -0.2) is 4.92 Å². The van der Waals surface area contributed by atoms with Crippen LogP contribution in [0.2, 0.25) is 0 Å². The predicted octanol–water partition coefficient (Wildman–Crippen LogP) is 3.03. The number of hydrogen-bond acceptors (Lipinski definition) is 3. The Kier molecular flexibility index (Phi) is 3.98. The van der Waals surface area contributed by atoms with Gasteiger partial charge in [-0.1, -0.05) is 7.43 Å². The van der Waals surface area contributed by atoms with Crippen LogP contribution in [0, 0.1) is 42.2 Å². The quantitative estimate of drug-likeness (QED) is 0.524. The van der Waals surface area contributed by atoms with Crippen LogP contribution in [-0.2, 0) is 0 Å². The maximum Gasteiger partial charge on any atom is 0.273 e. The number of nitrogens with zero attached hydrogens (tertiary/aromatic N) is 2. The molecule has 0 aliphatic carbocycles. The van der Waals surface area contributed by atoms with E-state index >= 15 is 0 Å². The molecule has 0 aliphatic heterocycles. The minimum atomic E-state index is -0.456. The summed E-state index contributed by atoms with van der Waals surface area (Å²) in [6.45, 7) is 5.28. The first-order chi connectivity index (χ1) is 6.49. The first kappa shape index (κ1) is 13.1. The van der Waals surface area contributed by atoms with Gasteiger partial charge in [-0.2, -0.15) is 5.26 Å². The minimum Gasteiger partial charge on any atom is -0.258 e. The molecule has 1 aromatic rings. The van der Waals surface area contributed by atoms with Crippen molar-refractivity contribution in [1.82, 2.24) is 0 Å². The average molecular weight is 206 g/mol. The van der Waals surface area contributed by atoms with Crippen LogP contribution >= 0.6 is 0 Å². The summed E-state index contributed by atoms with van der Waals surface area (Å²) in [5.41, 5.74) is 2.65. The largest absolute Gasteiger partial charge is 0.273 e. The number of nitriles is 1. The van der Waals surface area contributed by atoms with Gasteiger partial charge in [0.1, 0.15) is 0 Å². The highest BCUT2D eigenvalue weighted by molar-refractivity contribution is 5.55. The molecule has 0 unspecified atom stereocenters. The molecule has 80 valence electrons. The molecule has 0 aromatic heterocycles. The van der Waals surface area contributed by atoms with E-state index in [1.807, 2.05) is 6.07 Å². The molecule has 1 rings (SSSR count). The highest BCUT2D eigenvalue weighted by Crippen LogP contribution is 2.26. The van der Waals surface area contributed by atoms with Crippen molar-refractivity contribution in [3.05, 3.63) is 38.4 Å². The topological polar surface area (TPSA) is 66.9 Å². The second-order valence-corrected chi connectivity index (χ2v) is 3.19. The van der Waals surface area contributed by atoms with Crippen LogP contribution in [0.25, 0.3) is 0 Å². The third-order valence-electron chi connectivity index (χ3n) is 2.51. The van der Waals surface area contributed by atoms with E-state index in [1.165, 1.54) is 6.07 Å². The molecule has 0 amide bonds. The molecule has 0 heterocycles. The van der Waals surface area contributed by atoms with Gasteiger partial charge in [-0.25, -0.2) is 0 Å². The zero-order valence-electron chi connectivity index (χ0n) is 8.29. The van der Waals surface area contributed by atoms with Gasteiger partial charge in [-0.15, -0.1) is 0 Å². The van der Waals surface area contributed by atoms with E-state index in [0.29, 0.717) is 11.1 Å². The molecular formula is C11H14N2O2. The summed E-state index contributed by atoms with van der Waals surface area (Å²) in [4.78, 5) is 10.2. The van der Waals surface area contributed by atoms with Gasteiger partial charge in [0.25, 0.3) is 5.69 Å². The number of nitro groups is 1.